The van der Waals surface area contributed by atoms with Crippen molar-refractivity contribution < 1.29 is 14.4 Å². The van der Waals surface area contributed by atoms with Gasteiger partial charge in [0.25, 0.3) is 11.8 Å². The highest BCUT2D eigenvalue weighted by molar-refractivity contribution is 6.05. The minimum absolute atomic E-state index is 0.0134. The van der Waals surface area contributed by atoms with Crippen molar-refractivity contribution in [3.63, 3.8) is 0 Å². The van der Waals surface area contributed by atoms with Gasteiger partial charge in [-0.25, -0.2) is 0 Å². The number of benzene rings is 3. The molecule has 0 bridgehead atoms. The first-order valence-electron chi connectivity index (χ1n) is 12.2. The van der Waals surface area contributed by atoms with E-state index in [-0.39, 0.29) is 23.6 Å². The summed E-state index contributed by atoms with van der Waals surface area (Å²) in [6.45, 7) is 1.66. The first-order chi connectivity index (χ1) is 17.1. The van der Waals surface area contributed by atoms with Crippen molar-refractivity contribution >= 4 is 23.4 Å². The van der Waals surface area contributed by atoms with Crippen molar-refractivity contribution in [2.24, 2.45) is 5.92 Å². The van der Waals surface area contributed by atoms with Gasteiger partial charge in [-0.3, -0.25) is 14.4 Å². The smallest absolute Gasteiger partial charge is 0.255 e. The van der Waals surface area contributed by atoms with Gasteiger partial charge in [-0.15, -0.1) is 0 Å². The van der Waals surface area contributed by atoms with Gasteiger partial charge in [-0.2, -0.15) is 0 Å². The molecule has 0 unspecified atom stereocenters. The van der Waals surface area contributed by atoms with Crippen LogP contribution in [0.25, 0.3) is 0 Å². The molecule has 3 aromatic rings. The second-order valence-electron chi connectivity index (χ2n) is 8.87. The molecule has 0 spiro atoms. The number of piperidine rings is 1. The number of rotatable bonds is 8. The second-order valence-corrected chi connectivity index (χ2v) is 8.87. The Hall–Kier alpha value is -3.93. The van der Waals surface area contributed by atoms with E-state index in [2.05, 4.69) is 22.8 Å². The zero-order valence-corrected chi connectivity index (χ0v) is 19.8. The fraction of sp³-hybridized carbons (Fsp3) is 0.276. The summed E-state index contributed by atoms with van der Waals surface area (Å²) in [5, 5.41) is 5.89. The number of aryl methyl sites for hydroxylation is 1. The third-order valence-electron chi connectivity index (χ3n) is 6.27. The van der Waals surface area contributed by atoms with Crippen LogP contribution in [0.5, 0.6) is 0 Å². The summed E-state index contributed by atoms with van der Waals surface area (Å²) >= 11 is 0. The monoisotopic (exact) mass is 469 g/mol. The molecule has 2 N–H and O–H groups in total. The van der Waals surface area contributed by atoms with Gasteiger partial charge in [0.2, 0.25) is 5.91 Å². The third-order valence-corrected chi connectivity index (χ3v) is 6.27. The molecule has 6 heteroatoms. The van der Waals surface area contributed by atoms with E-state index >= 15 is 0 Å². The molecule has 0 aliphatic carbocycles. The fourth-order valence-corrected chi connectivity index (χ4v) is 4.37. The molecular weight excluding hydrogens is 438 g/mol. The lowest BCUT2D eigenvalue weighted by atomic mass is 9.96. The van der Waals surface area contributed by atoms with Gasteiger partial charge in [-0.1, -0.05) is 54.6 Å². The van der Waals surface area contributed by atoms with Gasteiger partial charge in [0.05, 0.1) is 5.92 Å². The minimum Gasteiger partial charge on any atom is -0.356 e. The number of hydrogen-bond donors (Lipinski definition) is 2. The van der Waals surface area contributed by atoms with Crippen LogP contribution in [0.1, 0.15) is 45.5 Å². The van der Waals surface area contributed by atoms with Gasteiger partial charge >= 0.3 is 0 Å². The number of anilines is 1. The number of carbonyl (C=O) groups excluding carboxylic acids is 3. The fourth-order valence-electron chi connectivity index (χ4n) is 4.37. The van der Waals surface area contributed by atoms with Crippen molar-refractivity contribution in [2.75, 3.05) is 25.0 Å². The number of carbonyl (C=O) groups is 3. The molecule has 3 aromatic carbocycles. The van der Waals surface area contributed by atoms with Gasteiger partial charge in [0.15, 0.2) is 0 Å². The largest absolute Gasteiger partial charge is 0.356 e. The third kappa shape index (κ3) is 6.79. The second kappa shape index (κ2) is 12.0. The lowest BCUT2D eigenvalue weighted by Gasteiger charge is -2.32. The molecule has 6 nitrogen and oxygen atoms in total. The highest BCUT2D eigenvalue weighted by Crippen LogP contribution is 2.21. The summed E-state index contributed by atoms with van der Waals surface area (Å²) < 4.78 is 0. The van der Waals surface area contributed by atoms with E-state index in [0.717, 1.165) is 25.7 Å². The number of hydrogen-bond acceptors (Lipinski definition) is 3. The van der Waals surface area contributed by atoms with Crippen LogP contribution >= 0.6 is 0 Å². The summed E-state index contributed by atoms with van der Waals surface area (Å²) in [4.78, 5) is 40.1. The number of nitrogens with one attached hydrogen (secondary N) is 2. The molecule has 1 atom stereocenters. The highest BCUT2D eigenvalue weighted by atomic mass is 16.2. The summed E-state index contributed by atoms with van der Waals surface area (Å²) in [6.07, 6.45) is 3.37. The molecule has 1 saturated heterocycles. The van der Waals surface area contributed by atoms with Gasteiger partial charge in [0, 0.05) is 36.4 Å². The van der Waals surface area contributed by atoms with Crippen LogP contribution in [0.2, 0.25) is 0 Å². The van der Waals surface area contributed by atoms with E-state index in [9.17, 15) is 14.4 Å². The molecule has 35 heavy (non-hydrogen) atoms. The molecule has 0 radical (unpaired) electrons. The van der Waals surface area contributed by atoms with Crippen molar-refractivity contribution in [1.82, 2.24) is 10.2 Å². The van der Waals surface area contributed by atoms with Gasteiger partial charge < -0.3 is 15.5 Å². The quantitative estimate of drug-likeness (QED) is 0.476. The number of nitrogens with zero attached hydrogens (tertiary/aromatic N) is 1. The van der Waals surface area contributed by atoms with Gasteiger partial charge in [0.1, 0.15) is 0 Å². The molecule has 0 aromatic heterocycles. The van der Waals surface area contributed by atoms with Crippen LogP contribution in [0.3, 0.4) is 0 Å². The summed E-state index contributed by atoms with van der Waals surface area (Å²) in [5.41, 5.74) is 2.88. The van der Waals surface area contributed by atoms with Crippen molar-refractivity contribution in [2.45, 2.75) is 25.7 Å². The van der Waals surface area contributed by atoms with E-state index < -0.39 is 0 Å². The van der Waals surface area contributed by atoms with Crippen molar-refractivity contribution in [1.29, 1.82) is 0 Å². The Labute approximate surface area is 206 Å². The van der Waals surface area contributed by atoms with E-state index in [4.69, 9.17) is 0 Å². The van der Waals surface area contributed by atoms with E-state index in [1.165, 1.54) is 5.56 Å². The lowest BCUT2D eigenvalue weighted by molar-refractivity contribution is -0.126. The van der Waals surface area contributed by atoms with Gasteiger partial charge in [-0.05, 0) is 61.6 Å². The first-order valence-corrected chi connectivity index (χ1v) is 12.2. The predicted molar refractivity (Wildman–Crippen MR) is 137 cm³/mol. The molecular formula is C29H31N3O3. The minimum atomic E-state index is -0.225. The molecule has 1 heterocycles. The maximum atomic E-state index is 13.2. The van der Waals surface area contributed by atoms with Crippen molar-refractivity contribution in [3.05, 3.63) is 102 Å². The average molecular weight is 470 g/mol. The maximum absolute atomic E-state index is 13.2. The molecule has 3 amide bonds. The van der Waals surface area contributed by atoms with E-state index in [1.54, 1.807) is 53.4 Å². The number of amides is 3. The van der Waals surface area contributed by atoms with Crippen LogP contribution in [0.4, 0.5) is 5.69 Å². The normalized spacial score (nSPS) is 15.3. The standard InChI is InChI=1S/C29H31N3O3/c33-27(30-18-8-12-22-10-3-1-4-11-22)25-16-9-19-32(21-25)29(35)24-15-7-17-26(20-24)31-28(34)23-13-5-2-6-14-23/h1-7,10-11,13-15,17,20,25H,8-9,12,16,18-19,21H2,(H,30,33)(H,31,34)/t25-/m1/s1. The highest BCUT2D eigenvalue weighted by Gasteiger charge is 2.28. The SMILES string of the molecule is O=C(Nc1cccc(C(=O)N2CCC[C@@H](C(=O)NCCCc3ccccc3)C2)c1)c1ccccc1. The molecule has 4 rings (SSSR count). The predicted octanol–water partition coefficient (Wildman–Crippen LogP) is 4.54. The molecule has 0 saturated carbocycles. The zero-order valence-electron chi connectivity index (χ0n) is 19.8. The summed E-state index contributed by atoms with van der Waals surface area (Å²) in [6, 6.07) is 26.1. The topological polar surface area (TPSA) is 78.5 Å². The Morgan fingerprint density at radius 1 is 0.857 bits per heavy atom. The van der Waals surface area contributed by atoms with Crippen LogP contribution in [-0.4, -0.2) is 42.3 Å². The number of likely N-dealkylation sites (tertiary alicyclic amines) is 1. The maximum Gasteiger partial charge on any atom is 0.255 e. The first kappa shape index (κ1) is 24.2. The van der Waals surface area contributed by atoms with Crippen LogP contribution < -0.4 is 10.6 Å². The molecule has 180 valence electrons. The van der Waals surface area contributed by atoms with Crippen molar-refractivity contribution in [3.8, 4) is 0 Å². The Kier molecular flexibility index (Phi) is 8.28. The Balaban J connectivity index is 1.29. The summed E-state index contributed by atoms with van der Waals surface area (Å²) in [7, 11) is 0. The van der Waals surface area contributed by atoms with E-state index in [0.29, 0.717) is 36.4 Å². The van der Waals surface area contributed by atoms with Crippen LogP contribution in [-0.2, 0) is 11.2 Å². The Morgan fingerprint density at radius 3 is 2.34 bits per heavy atom. The summed E-state index contributed by atoms with van der Waals surface area (Å²) in [5.74, 6) is -0.538. The lowest BCUT2D eigenvalue weighted by Crippen LogP contribution is -2.45. The average Bonchev–Trinajstić information content (AvgIpc) is 2.92. The van der Waals surface area contributed by atoms with Crippen LogP contribution in [0.15, 0.2) is 84.9 Å². The Morgan fingerprint density at radius 2 is 1.57 bits per heavy atom. The van der Waals surface area contributed by atoms with E-state index in [1.807, 2.05) is 24.3 Å². The zero-order chi connectivity index (χ0) is 24.5. The molecule has 1 fully saturated rings. The molecule has 1 aliphatic rings. The Bertz CT molecular complexity index is 1150. The molecule has 1 aliphatic heterocycles. The van der Waals surface area contributed by atoms with Crippen LogP contribution in [0, 0.1) is 5.92 Å².